The molecule has 1 aromatic heterocycles. The number of aldehydes is 1. The quantitative estimate of drug-likeness (QED) is 0.425. The fourth-order valence-electron chi connectivity index (χ4n) is 3.37. The average Bonchev–Trinajstić information content (AvgIpc) is 2.75. The molecule has 1 aromatic carbocycles. The van der Waals surface area contributed by atoms with E-state index in [1.807, 2.05) is 0 Å². The van der Waals surface area contributed by atoms with Gasteiger partial charge in [-0.3, -0.25) is 4.98 Å². The third kappa shape index (κ3) is 4.79. The first-order chi connectivity index (χ1) is 14.8. The summed E-state index contributed by atoms with van der Waals surface area (Å²) in [5.41, 5.74) is 4.24. The van der Waals surface area contributed by atoms with Gasteiger partial charge in [0.15, 0.2) is 5.96 Å². The van der Waals surface area contributed by atoms with Crippen molar-refractivity contribution in [2.24, 2.45) is 16.6 Å². The van der Waals surface area contributed by atoms with Gasteiger partial charge in [-0.05, 0) is 30.7 Å². The van der Waals surface area contributed by atoms with Crippen LogP contribution in [0.4, 0.5) is 13.2 Å². The highest BCUT2D eigenvalue weighted by atomic mass is 19.3. The molecule has 7 nitrogen and oxygen atoms in total. The Morgan fingerprint density at radius 3 is 2.77 bits per heavy atom. The van der Waals surface area contributed by atoms with E-state index < -0.39 is 29.4 Å². The van der Waals surface area contributed by atoms with E-state index in [0.717, 1.165) is 12.4 Å². The lowest BCUT2D eigenvalue weighted by Gasteiger charge is -2.39. The average molecular weight is 436 g/mol. The van der Waals surface area contributed by atoms with Gasteiger partial charge in [-0.1, -0.05) is 0 Å². The summed E-state index contributed by atoms with van der Waals surface area (Å²) in [5, 5.41) is 0. The number of nitrogens with two attached hydrogens (primary N) is 1. The molecule has 166 valence electrons. The van der Waals surface area contributed by atoms with Crippen molar-refractivity contribution in [1.29, 1.82) is 0 Å². The van der Waals surface area contributed by atoms with Crippen molar-refractivity contribution in [2.75, 3.05) is 27.3 Å². The second-order valence-electron chi connectivity index (χ2n) is 7.33. The summed E-state index contributed by atoms with van der Waals surface area (Å²) in [5.74, 6) is -0.922. The van der Waals surface area contributed by atoms with Gasteiger partial charge < -0.3 is 24.9 Å². The molecule has 10 heteroatoms. The number of ether oxygens (including phenoxy) is 2. The molecule has 2 unspecified atom stereocenters. The van der Waals surface area contributed by atoms with Crippen molar-refractivity contribution in [3.8, 4) is 11.5 Å². The van der Waals surface area contributed by atoms with Crippen molar-refractivity contribution in [3.63, 3.8) is 0 Å². The van der Waals surface area contributed by atoms with Crippen molar-refractivity contribution >= 4 is 12.2 Å². The molecule has 0 radical (unpaired) electrons. The number of aromatic nitrogens is 1. The van der Waals surface area contributed by atoms with E-state index in [4.69, 9.17) is 15.2 Å². The van der Waals surface area contributed by atoms with E-state index in [1.54, 1.807) is 19.0 Å². The van der Waals surface area contributed by atoms with Gasteiger partial charge in [-0.25, -0.2) is 18.2 Å². The highest BCUT2D eigenvalue weighted by molar-refractivity contribution is 5.78. The van der Waals surface area contributed by atoms with Crippen molar-refractivity contribution < 1.29 is 27.4 Å². The minimum Gasteiger partial charge on any atom is -0.457 e. The van der Waals surface area contributed by atoms with Crippen LogP contribution in [0.3, 0.4) is 0 Å². The van der Waals surface area contributed by atoms with Crippen LogP contribution in [-0.2, 0) is 15.1 Å². The van der Waals surface area contributed by atoms with Crippen LogP contribution >= 0.6 is 0 Å². The number of nitrogens with zero attached hydrogens (tertiary/aromatic N) is 3. The molecule has 1 aliphatic rings. The van der Waals surface area contributed by atoms with E-state index >= 15 is 4.39 Å². The van der Waals surface area contributed by atoms with Crippen molar-refractivity contribution in [2.45, 2.75) is 18.4 Å². The zero-order chi connectivity index (χ0) is 22.6. The first-order valence-corrected chi connectivity index (χ1v) is 9.54. The number of pyridine rings is 1. The molecular weight excluding hydrogens is 413 g/mol. The number of rotatable bonds is 6. The van der Waals surface area contributed by atoms with Gasteiger partial charge in [0, 0.05) is 44.4 Å². The maximum Gasteiger partial charge on any atom is 0.280 e. The molecule has 0 spiro atoms. The zero-order valence-corrected chi connectivity index (χ0v) is 17.1. The normalized spacial score (nSPS) is 21.7. The van der Waals surface area contributed by atoms with E-state index in [1.165, 1.54) is 30.5 Å². The van der Waals surface area contributed by atoms with Crippen LogP contribution in [0.2, 0.25) is 0 Å². The van der Waals surface area contributed by atoms with Gasteiger partial charge >= 0.3 is 0 Å². The lowest BCUT2D eigenvalue weighted by atomic mass is 9.76. The lowest BCUT2D eigenvalue weighted by Crippen LogP contribution is -2.47. The monoisotopic (exact) mass is 436 g/mol. The van der Waals surface area contributed by atoms with Crippen molar-refractivity contribution in [3.05, 3.63) is 53.6 Å². The molecule has 0 amide bonds. The van der Waals surface area contributed by atoms with Crippen LogP contribution in [0.1, 0.15) is 24.1 Å². The number of carbonyl (C=O) groups excluding carboxylic acids is 1. The Balaban J connectivity index is 2.07. The highest BCUT2D eigenvalue weighted by Gasteiger charge is 2.45. The zero-order valence-electron chi connectivity index (χ0n) is 17.1. The van der Waals surface area contributed by atoms with Gasteiger partial charge in [0.2, 0.25) is 0 Å². The van der Waals surface area contributed by atoms with E-state index in [0.29, 0.717) is 13.0 Å². The van der Waals surface area contributed by atoms with Crippen LogP contribution in [0.15, 0.2) is 41.5 Å². The summed E-state index contributed by atoms with van der Waals surface area (Å²) in [4.78, 5) is 21.5. The van der Waals surface area contributed by atoms with Gasteiger partial charge in [0.1, 0.15) is 34.8 Å². The molecule has 0 aliphatic carbocycles. The largest absolute Gasteiger partial charge is 0.457 e. The number of benzene rings is 1. The highest BCUT2D eigenvalue weighted by Crippen LogP contribution is 2.41. The standard InChI is InChI=1S/C21H23F3N4O3/c1-28(2)20(25)27-21(12-30-8-6-13(21)11-29)16-9-14(3-4-17(16)22)31-15-5-7-26-18(10-15)19(23)24/h3-5,7,9-11,13,19H,6,8,12H2,1-2H3,(H2,25,27). The van der Waals surface area contributed by atoms with Crippen LogP contribution in [0, 0.1) is 11.7 Å². The minimum atomic E-state index is -2.76. The molecule has 1 aliphatic heterocycles. The number of hydrogen-bond acceptors (Lipinski definition) is 5. The smallest absolute Gasteiger partial charge is 0.280 e. The summed E-state index contributed by atoms with van der Waals surface area (Å²) in [6.45, 7) is 0.268. The fraction of sp³-hybridized carbons (Fsp3) is 0.381. The summed E-state index contributed by atoms with van der Waals surface area (Å²) in [6.07, 6.45) is -0.505. The lowest BCUT2D eigenvalue weighted by molar-refractivity contribution is -0.118. The Morgan fingerprint density at radius 2 is 2.10 bits per heavy atom. The van der Waals surface area contributed by atoms with Crippen LogP contribution in [0.5, 0.6) is 11.5 Å². The Kier molecular flexibility index (Phi) is 6.79. The van der Waals surface area contributed by atoms with Gasteiger partial charge in [-0.15, -0.1) is 0 Å². The van der Waals surface area contributed by atoms with Crippen molar-refractivity contribution in [1.82, 2.24) is 9.88 Å². The van der Waals surface area contributed by atoms with Crippen LogP contribution < -0.4 is 10.5 Å². The third-order valence-corrected chi connectivity index (χ3v) is 5.06. The minimum absolute atomic E-state index is 0.0594. The summed E-state index contributed by atoms with van der Waals surface area (Å²) in [7, 11) is 3.35. The summed E-state index contributed by atoms with van der Waals surface area (Å²) < 4.78 is 52.1. The summed E-state index contributed by atoms with van der Waals surface area (Å²) in [6, 6.07) is 6.41. The number of guanidine groups is 1. The Morgan fingerprint density at radius 1 is 1.35 bits per heavy atom. The molecule has 2 aromatic rings. The SMILES string of the molecule is CN(C)C(N)=NC1(c2cc(Oc3ccnc(C(F)F)c3)ccc2F)COCCC1C=O. The number of alkyl halides is 2. The van der Waals surface area contributed by atoms with E-state index in [9.17, 15) is 13.6 Å². The number of carbonyl (C=O) groups is 1. The molecule has 0 saturated carbocycles. The molecule has 2 heterocycles. The third-order valence-electron chi connectivity index (χ3n) is 5.06. The van der Waals surface area contributed by atoms with Gasteiger partial charge in [0.05, 0.1) is 6.61 Å². The Bertz CT molecular complexity index is 971. The maximum absolute atomic E-state index is 15.0. The number of hydrogen-bond donors (Lipinski definition) is 1. The second kappa shape index (κ2) is 9.34. The number of halogens is 3. The molecule has 31 heavy (non-hydrogen) atoms. The van der Waals surface area contributed by atoms with Gasteiger partial charge in [-0.2, -0.15) is 0 Å². The molecule has 2 N–H and O–H groups in total. The van der Waals surface area contributed by atoms with E-state index in [-0.39, 0.29) is 29.6 Å². The topological polar surface area (TPSA) is 90.0 Å². The molecule has 1 fully saturated rings. The van der Waals surface area contributed by atoms with E-state index in [2.05, 4.69) is 9.98 Å². The molecule has 1 saturated heterocycles. The first-order valence-electron chi connectivity index (χ1n) is 9.54. The van der Waals surface area contributed by atoms with Crippen LogP contribution in [-0.4, -0.2) is 49.4 Å². The predicted octanol–water partition coefficient (Wildman–Crippen LogP) is 3.26. The molecule has 3 rings (SSSR count). The first kappa shape index (κ1) is 22.5. The molecule has 0 bridgehead atoms. The Hall–Kier alpha value is -3.14. The fourth-order valence-corrected chi connectivity index (χ4v) is 3.37. The predicted molar refractivity (Wildman–Crippen MR) is 108 cm³/mol. The molecular formula is C21H23F3N4O3. The number of aliphatic imine (C=N–C) groups is 1. The van der Waals surface area contributed by atoms with Gasteiger partial charge in [0.25, 0.3) is 6.43 Å². The second-order valence-corrected chi connectivity index (χ2v) is 7.33. The summed E-state index contributed by atoms with van der Waals surface area (Å²) >= 11 is 0. The maximum atomic E-state index is 15.0. The molecule has 2 atom stereocenters. The Labute approximate surface area is 177 Å². The van der Waals surface area contributed by atoms with Crippen LogP contribution in [0.25, 0.3) is 0 Å².